The standard InChI is InChI=1S/C19H21FN2O4S/c1-13-4-9-17(18(23)11-13)21-19(24)14-3-2-10-22(12-14)27(25,26)16-7-5-15(20)6-8-16/h4-9,11,14,23H,2-3,10,12H2,1H3,(H,21,24). The molecule has 0 spiro atoms. The predicted octanol–water partition coefficient (Wildman–Crippen LogP) is 2.88. The average Bonchev–Trinajstić information content (AvgIpc) is 2.64. The van der Waals surface area contributed by atoms with Gasteiger partial charge >= 0.3 is 0 Å². The van der Waals surface area contributed by atoms with Crippen LogP contribution in [0.2, 0.25) is 0 Å². The van der Waals surface area contributed by atoms with Gasteiger partial charge in [0.15, 0.2) is 0 Å². The van der Waals surface area contributed by atoms with Crippen molar-refractivity contribution in [1.29, 1.82) is 0 Å². The number of hydrogen-bond donors (Lipinski definition) is 2. The van der Waals surface area contributed by atoms with Crippen molar-refractivity contribution < 1.29 is 22.7 Å². The number of hydrogen-bond acceptors (Lipinski definition) is 4. The number of nitrogens with one attached hydrogen (secondary N) is 1. The molecule has 6 nitrogen and oxygen atoms in total. The van der Waals surface area contributed by atoms with E-state index in [0.29, 0.717) is 25.1 Å². The first-order valence-electron chi connectivity index (χ1n) is 8.63. The third kappa shape index (κ3) is 4.28. The Balaban J connectivity index is 1.73. The predicted molar refractivity (Wildman–Crippen MR) is 99.4 cm³/mol. The van der Waals surface area contributed by atoms with Gasteiger partial charge in [-0.2, -0.15) is 4.31 Å². The summed E-state index contributed by atoms with van der Waals surface area (Å²) in [6.07, 6.45) is 1.09. The van der Waals surface area contributed by atoms with Crippen molar-refractivity contribution in [2.45, 2.75) is 24.7 Å². The second kappa shape index (κ2) is 7.66. The Hall–Kier alpha value is -2.45. The van der Waals surface area contributed by atoms with Gasteiger partial charge in [0.25, 0.3) is 0 Å². The van der Waals surface area contributed by atoms with Crippen LogP contribution in [0, 0.1) is 18.7 Å². The van der Waals surface area contributed by atoms with Crippen LogP contribution in [-0.4, -0.2) is 36.8 Å². The van der Waals surface area contributed by atoms with Gasteiger partial charge in [0.2, 0.25) is 15.9 Å². The molecule has 144 valence electrons. The third-order valence-electron chi connectivity index (χ3n) is 4.62. The molecule has 2 aromatic carbocycles. The molecular formula is C19H21FN2O4S. The minimum absolute atomic E-state index is 0.00105. The van der Waals surface area contributed by atoms with Crippen LogP contribution in [0.15, 0.2) is 47.4 Å². The van der Waals surface area contributed by atoms with Gasteiger partial charge in [-0.1, -0.05) is 6.07 Å². The lowest BCUT2D eigenvalue weighted by molar-refractivity contribution is -0.120. The van der Waals surface area contributed by atoms with Gasteiger partial charge in [0.1, 0.15) is 11.6 Å². The zero-order chi connectivity index (χ0) is 19.6. The highest BCUT2D eigenvalue weighted by molar-refractivity contribution is 7.89. The summed E-state index contributed by atoms with van der Waals surface area (Å²) >= 11 is 0. The fourth-order valence-electron chi connectivity index (χ4n) is 3.11. The number of rotatable bonds is 4. The number of nitrogens with zero attached hydrogens (tertiary/aromatic N) is 1. The van der Waals surface area contributed by atoms with E-state index < -0.39 is 21.8 Å². The Bertz CT molecular complexity index is 945. The van der Waals surface area contributed by atoms with Crippen LogP contribution in [0.5, 0.6) is 5.75 Å². The largest absolute Gasteiger partial charge is 0.506 e. The highest BCUT2D eigenvalue weighted by Gasteiger charge is 2.33. The first-order chi connectivity index (χ1) is 12.8. The van der Waals surface area contributed by atoms with E-state index in [0.717, 1.165) is 17.7 Å². The van der Waals surface area contributed by atoms with E-state index in [1.54, 1.807) is 18.2 Å². The number of anilines is 1. The molecule has 1 atom stereocenters. The van der Waals surface area contributed by atoms with Gasteiger partial charge in [0, 0.05) is 13.1 Å². The first kappa shape index (κ1) is 19.3. The lowest BCUT2D eigenvalue weighted by Gasteiger charge is -2.31. The fraction of sp³-hybridized carbons (Fsp3) is 0.316. The molecule has 0 saturated carbocycles. The van der Waals surface area contributed by atoms with Crippen molar-refractivity contribution in [3.8, 4) is 5.75 Å². The Morgan fingerprint density at radius 2 is 1.93 bits per heavy atom. The van der Waals surface area contributed by atoms with Crippen LogP contribution in [0.4, 0.5) is 10.1 Å². The number of sulfonamides is 1. The Labute approximate surface area is 157 Å². The van der Waals surface area contributed by atoms with E-state index in [4.69, 9.17) is 0 Å². The van der Waals surface area contributed by atoms with E-state index in [-0.39, 0.29) is 23.1 Å². The Morgan fingerprint density at radius 1 is 1.22 bits per heavy atom. The monoisotopic (exact) mass is 392 g/mol. The number of aryl methyl sites for hydroxylation is 1. The summed E-state index contributed by atoms with van der Waals surface area (Å²) in [5, 5.41) is 12.6. The molecule has 0 bridgehead atoms. The number of phenols is 1. The molecule has 3 rings (SSSR count). The summed E-state index contributed by atoms with van der Waals surface area (Å²) in [7, 11) is -3.79. The van der Waals surface area contributed by atoms with E-state index in [2.05, 4.69) is 5.32 Å². The van der Waals surface area contributed by atoms with E-state index >= 15 is 0 Å². The fourth-order valence-corrected chi connectivity index (χ4v) is 4.64. The maximum Gasteiger partial charge on any atom is 0.243 e. The molecule has 0 radical (unpaired) electrons. The topological polar surface area (TPSA) is 86.7 Å². The second-order valence-electron chi connectivity index (χ2n) is 6.67. The van der Waals surface area contributed by atoms with Crippen LogP contribution in [0.25, 0.3) is 0 Å². The van der Waals surface area contributed by atoms with Crippen LogP contribution in [0.3, 0.4) is 0 Å². The van der Waals surface area contributed by atoms with Gasteiger partial charge in [0.05, 0.1) is 16.5 Å². The van der Waals surface area contributed by atoms with Crippen molar-refractivity contribution in [2.75, 3.05) is 18.4 Å². The molecule has 27 heavy (non-hydrogen) atoms. The number of aromatic hydroxyl groups is 1. The smallest absolute Gasteiger partial charge is 0.243 e. The van der Waals surface area contributed by atoms with Gasteiger partial charge in [-0.25, -0.2) is 12.8 Å². The second-order valence-corrected chi connectivity index (χ2v) is 8.60. The molecule has 1 fully saturated rings. The average molecular weight is 392 g/mol. The molecule has 2 aromatic rings. The number of amides is 1. The summed E-state index contributed by atoms with van der Waals surface area (Å²) in [6.45, 7) is 2.17. The van der Waals surface area contributed by atoms with Gasteiger partial charge in [-0.3, -0.25) is 4.79 Å². The Kier molecular flexibility index (Phi) is 5.48. The SMILES string of the molecule is Cc1ccc(NC(=O)C2CCCN(S(=O)(=O)c3ccc(F)cc3)C2)c(O)c1. The number of halogens is 1. The number of piperidine rings is 1. The molecule has 1 saturated heterocycles. The summed E-state index contributed by atoms with van der Waals surface area (Å²) in [5.74, 6) is -1.42. The molecular weight excluding hydrogens is 371 g/mol. The highest BCUT2D eigenvalue weighted by atomic mass is 32.2. The molecule has 0 aromatic heterocycles. The highest BCUT2D eigenvalue weighted by Crippen LogP contribution is 2.28. The van der Waals surface area contributed by atoms with Gasteiger partial charge in [-0.05, 0) is 61.7 Å². The molecule has 1 aliphatic rings. The normalized spacial score (nSPS) is 18.2. The molecule has 0 aliphatic carbocycles. The van der Waals surface area contributed by atoms with Crippen LogP contribution in [0.1, 0.15) is 18.4 Å². The molecule has 2 N–H and O–H groups in total. The maximum absolute atomic E-state index is 13.1. The van der Waals surface area contributed by atoms with Crippen molar-refractivity contribution in [1.82, 2.24) is 4.31 Å². The molecule has 1 aliphatic heterocycles. The van der Waals surface area contributed by atoms with Crippen LogP contribution < -0.4 is 5.32 Å². The zero-order valence-electron chi connectivity index (χ0n) is 14.9. The van der Waals surface area contributed by atoms with Crippen molar-refractivity contribution in [3.05, 3.63) is 53.8 Å². The number of carbonyl (C=O) groups is 1. The van der Waals surface area contributed by atoms with Gasteiger partial charge < -0.3 is 10.4 Å². The Morgan fingerprint density at radius 3 is 2.59 bits per heavy atom. The van der Waals surface area contributed by atoms with E-state index in [1.807, 2.05) is 6.92 Å². The number of carbonyl (C=O) groups excluding carboxylic acids is 1. The lowest BCUT2D eigenvalue weighted by Crippen LogP contribution is -2.43. The maximum atomic E-state index is 13.1. The minimum Gasteiger partial charge on any atom is -0.506 e. The number of phenolic OH excluding ortho intramolecular Hbond substituents is 1. The van der Waals surface area contributed by atoms with Crippen LogP contribution in [-0.2, 0) is 14.8 Å². The number of benzene rings is 2. The first-order valence-corrected chi connectivity index (χ1v) is 10.1. The van der Waals surface area contributed by atoms with E-state index in [1.165, 1.54) is 16.4 Å². The van der Waals surface area contributed by atoms with Crippen molar-refractivity contribution in [2.24, 2.45) is 5.92 Å². The summed E-state index contributed by atoms with van der Waals surface area (Å²) in [5.41, 5.74) is 1.16. The third-order valence-corrected chi connectivity index (χ3v) is 6.50. The molecule has 1 heterocycles. The summed E-state index contributed by atoms with van der Waals surface area (Å²) < 4.78 is 39.8. The quantitative estimate of drug-likeness (QED) is 0.784. The van der Waals surface area contributed by atoms with Crippen molar-refractivity contribution >= 4 is 21.6 Å². The zero-order valence-corrected chi connectivity index (χ0v) is 15.7. The summed E-state index contributed by atoms with van der Waals surface area (Å²) in [6, 6.07) is 9.56. The lowest BCUT2D eigenvalue weighted by atomic mass is 9.98. The van der Waals surface area contributed by atoms with Crippen LogP contribution >= 0.6 is 0 Å². The van der Waals surface area contributed by atoms with E-state index in [9.17, 15) is 22.7 Å². The molecule has 1 unspecified atom stereocenters. The van der Waals surface area contributed by atoms with Gasteiger partial charge in [-0.15, -0.1) is 0 Å². The summed E-state index contributed by atoms with van der Waals surface area (Å²) in [4.78, 5) is 12.6. The minimum atomic E-state index is -3.79. The molecule has 1 amide bonds. The van der Waals surface area contributed by atoms with Crippen molar-refractivity contribution in [3.63, 3.8) is 0 Å². The molecule has 8 heteroatoms.